The third-order valence-corrected chi connectivity index (χ3v) is 6.61. The van der Waals surface area contributed by atoms with E-state index in [1.807, 2.05) is 24.4 Å². The lowest BCUT2D eigenvalue weighted by molar-refractivity contribution is -0.0960. The first-order valence-corrected chi connectivity index (χ1v) is 9.63. The molecule has 4 heterocycles. The molecule has 6 nitrogen and oxygen atoms in total. The lowest BCUT2D eigenvalue weighted by Gasteiger charge is -2.43. The van der Waals surface area contributed by atoms with Gasteiger partial charge >= 0.3 is 5.97 Å². The summed E-state index contributed by atoms with van der Waals surface area (Å²) >= 11 is 1.39. The van der Waals surface area contributed by atoms with Gasteiger partial charge in [0.2, 0.25) is 5.88 Å². The Labute approximate surface area is 156 Å². The highest BCUT2D eigenvalue weighted by Gasteiger charge is 2.42. The second kappa shape index (κ2) is 6.98. The third kappa shape index (κ3) is 3.22. The molecule has 26 heavy (non-hydrogen) atoms. The number of carboxylic acids is 1. The van der Waals surface area contributed by atoms with Gasteiger partial charge in [0.25, 0.3) is 0 Å². The Balaban J connectivity index is 1.45. The van der Waals surface area contributed by atoms with Gasteiger partial charge in [0.05, 0.1) is 13.7 Å². The van der Waals surface area contributed by atoms with Crippen LogP contribution in [0.1, 0.15) is 38.5 Å². The summed E-state index contributed by atoms with van der Waals surface area (Å²) in [5.41, 5.74) is 2.02. The normalized spacial score (nSPS) is 19.3. The smallest absolute Gasteiger partial charge is 0.345 e. The number of thiophene rings is 1. The van der Waals surface area contributed by atoms with Gasteiger partial charge in [0.15, 0.2) is 0 Å². The van der Waals surface area contributed by atoms with Crippen LogP contribution in [0.3, 0.4) is 0 Å². The highest BCUT2D eigenvalue weighted by Crippen LogP contribution is 2.45. The molecule has 2 aliphatic rings. The van der Waals surface area contributed by atoms with Crippen LogP contribution in [-0.4, -0.2) is 47.8 Å². The number of aromatic nitrogens is 1. The average Bonchev–Trinajstić information content (AvgIpc) is 3.11. The van der Waals surface area contributed by atoms with E-state index in [1.165, 1.54) is 11.3 Å². The molecule has 1 saturated heterocycles. The van der Waals surface area contributed by atoms with Gasteiger partial charge in [-0.15, -0.1) is 11.3 Å². The molecule has 138 valence electrons. The molecule has 1 fully saturated rings. The van der Waals surface area contributed by atoms with Crippen LogP contribution in [0.25, 0.3) is 0 Å². The molecule has 2 aromatic rings. The number of likely N-dealkylation sites (tertiary alicyclic amines) is 1. The second-order valence-electron chi connectivity index (χ2n) is 6.85. The molecule has 2 aromatic heterocycles. The first-order valence-electron chi connectivity index (χ1n) is 8.81. The molecule has 0 aromatic carbocycles. The number of hydrogen-bond donors (Lipinski definition) is 1. The van der Waals surface area contributed by atoms with Crippen molar-refractivity contribution >= 4 is 17.3 Å². The summed E-state index contributed by atoms with van der Waals surface area (Å²) in [4.78, 5) is 19.6. The van der Waals surface area contributed by atoms with Crippen molar-refractivity contribution in [1.29, 1.82) is 0 Å². The number of ether oxygens (including phenoxy) is 2. The summed E-state index contributed by atoms with van der Waals surface area (Å²) in [6.45, 7) is 3.37. The highest BCUT2D eigenvalue weighted by atomic mass is 32.1. The lowest BCUT2D eigenvalue weighted by Crippen LogP contribution is -2.45. The van der Waals surface area contributed by atoms with Gasteiger partial charge in [0, 0.05) is 36.8 Å². The van der Waals surface area contributed by atoms with Crippen molar-refractivity contribution in [2.45, 2.75) is 31.4 Å². The summed E-state index contributed by atoms with van der Waals surface area (Å²) in [6.07, 6.45) is 4.45. The molecule has 0 saturated carbocycles. The van der Waals surface area contributed by atoms with E-state index >= 15 is 0 Å². The van der Waals surface area contributed by atoms with Crippen LogP contribution >= 0.6 is 11.3 Å². The molecule has 2 aliphatic heterocycles. The maximum absolute atomic E-state index is 11.3. The summed E-state index contributed by atoms with van der Waals surface area (Å²) in [5.74, 6) is -0.217. The third-order valence-electron chi connectivity index (χ3n) is 5.26. The Kier molecular flexibility index (Phi) is 4.69. The fourth-order valence-electron chi connectivity index (χ4n) is 3.85. The summed E-state index contributed by atoms with van der Waals surface area (Å²) in [7, 11) is 1.62. The van der Waals surface area contributed by atoms with Crippen molar-refractivity contribution in [2.75, 3.05) is 26.8 Å². The fourth-order valence-corrected chi connectivity index (χ4v) is 5.10. The fraction of sp³-hybridized carbons (Fsp3) is 0.474. The number of carbonyl (C=O) groups is 1. The number of carboxylic acid groups (broad SMARTS) is 1. The molecular formula is C19H22N2O4S. The first-order chi connectivity index (χ1) is 12.6. The molecule has 0 amide bonds. The molecule has 4 rings (SSSR count). The number of pyridine rings is 1. The van der Waals surface area contributed by atoms with Gasteiger partial charge in [-0.1, -0.05) is 6.07 Å². The van der Waals surface area contributed by atoms with Crippen molar-refractivity contribution in [3.8, 4) is 5.88 Å². The molecule has 0 radical (unpaired) electrons. The van der Waals surface area contributed by atoms with Gasteiger partial charge in [-0.2, -0.15) is 0 Å². The Morgan fingerprint density at radius 1 is 1.42 bits per heavy atom. The number of nitrogens with zero attached hydrogens (tertiary/aromatic N) is 2. The maximum Gasteiger partial charge on any atom is 0.345 e. The standard InChI is InChI=1S/C19H22N2O4S/c1-24-16-3-2-13(11-20-16)12-21-7-5-19(6-8-21)17-14(4-9-25-19)10-15(26-17)18(22)23/h2-3,10-11H,4-9,12H2,1H3,(H,22,23). The number of aromatic carboxylic acids is 1. The average molecular weight is 374 g/mol. The zero-order chi connectivity index (χ0) is 18.1. The minimum absolute atomic E-state index is 0.305. The molecule has 0 atom stereocenters. The first kappa shape index (κ1) is 17.5. The largest absolute Gasteiger partial charge is 0.481 e. The highest BCUT2D eigenvalue weighted by molar-refractivity contribution is 7.14. The van der Waals surface area contributed by atoms with Gasteiger partial charge in [-0.3, -0.25) is 4.90 Å². The number of fused-ring (bicyclic) bond motifs is 2. The second-order valence-corrected chi connectivity index (χ2v) is 7.90. The van der Waals surface area contributed by atoms with Crippen molar-refractivity contribution in [3.63, 3.8) is 0 Å². The van der Waals surface area contributed by atoms with Crippen LogP contribution < -0.4 is 4.74 Å². The van der Waals surface area contributed by atoms with Crippen molar-refractivity contribution in [3.05, 3.63) is 45.3 Å². The van der Waals surface area contributed by atoms with E-state index in [2.05, 4.69) is 9.88 Å². The van der Waals surface area contributed by atoms with E-state index in [-0.39, 0.29) is 5.60 Å². The summed E-state index contributed by atoms with van der Waals surface area (Å²) < 4.78 is 11.3. The number of methoxy groups -OCH3 is 1. The molecular weight excluding hydrogens is 352 g/mol. The van der Waals surface area contributed by atoms with E-state index in [0.717, 1.165) is 54.9 Å². The predicted octanol–water partition coefficient (Wildman–Crippen LogP) is 2.91. The summed E-state index contributed by atoms with van der Waals surface area (Å²) in [6, 6.07) is 5.77. The van der Waals surface area contributed by atoms with E-state index in [1.54, 1.807) is 7.11 Å². The van der Waals surface area contributed by atoms with E-state index in [9.17, 15) is 9.90 Å². The van der Waals surface area contributed by atoms with Crippen molar-refractivity contribution in [2.24, 2.45) is 0 Å². The molecule has 7 heteroatoms. The predicted molar refractivity (Wildman–Crippen MR) is 97.9 cm³/mol. The SMILES string of the molecule is COc1ccc(CN2CCC3(CC2)OCCc2cc(C(=O)O)sc23)cn1. The maximum atomic E-state index is 11.3. The van der Waals surface area contributed by atoms with Crippen molar-refractivity contribution in [1.82, 2.24) is 9.88 Å². The number of piperidine rings is 1. The number of hydrogen-bond acceptors (Lipinski definition) is 6. The molecule has 1 spiro atoms. The zero-order valence-electron chi connectivity index (χ0n) is 14.7. The Hall–Kier alpha value is -1.96. The van der Waals surface area contributed by atoms with Crippen molar-refractivity contribution < 1.29 is 19.4 Å². The van der Waals surface area contributed by atoms with Gasteiger partial charge in [-0.25, -0.2) is 9.78 Å². The van der Waals surface area contributed by atoms with E-state index in [0.29, 0.717) is 17.4 Å². The molecule has 0 aliphatic carbocycles. The summed E-state index contributed by atoms with van der Waals surface area (Å²) in [5, 5.41) is 9.31. The molecule has 0 unspecified atom stereocenters. The van der Waals surface area contributed by atoms with E-state index < -0.39 is 5.97 Å². The topological polar surface area (TPSA) is 71.9 Å². The van der Waals surface area contributed by atoms with Gasteiger partial charge in [0.1, 0.15) is 10.5 Å². The monoisotopic (exact) mass is 374 g/mol. The van der Waals surface area contributed by atoms with Crippen LogP contribution in [0.2, 0.25) is 0 Å². The van der Waals surface area contributed by atoms with Crippen LogP contribution in [0.4, 0.5) is 0 Å². The zero-order valence-corrected chi connectivity index (χ0v) is 15.6. The number of rotatable bonds is 4. The van der Waals surface area contributed by atoms with Crippen LogP contribution in [0.5, 0.6) is 5.88 Å². The Morgan fingerprint density at radius 3 is 2.88 bits per heavy atom. The quantitative estimate of drug-likeness (QED) is 0.887. The minimum atomic E-state index is -0.844. The van der Waals surface area contributed by atoms with Crippen LogP contribution in [0.15, 0.2) is 24.4 Å². The molecule has 0 bridgehead atoms. The Morgan fingerprint density at radius 2 is 2.23 bits per heavy atom. The van der Waals surface area contributed by atoms with Crippen LogP contribution in [0, 0.1) is 0 Å². The van der Waals surface area contributed by atoms with E-state index in [4.69, 9.17) is 9.47 Å². The Bertz CT molecular complexity index is 794. The lowest BCUT2D eigenvalue weighted by atomic mass is 9.85. The molecule has 1 N–H and O–H groups in total. The van der Waals surface area contributed by atoms with Gasteiger partial charge < -0.3 is 14.6 Å². The van der Waals surface area contributed by atoms with Gasteiger partial charge in [-0.05, 0) is 36.5 Å². The minimum Gasteiger partial charge on any atom is -0.481 e. The van der Waals surface area contributed by atoms with Crippen LogP contribution in [-0.2, 0) is 23.3 Å².